The fourth-order valence-corrected chi connectivity index (χ4v) is 3.68. The number of rotatable bonds is 4. The maximum absolute atomic E-state index is 13.2. The third-order valence-electron chi connectivity index (χ3n) is 4.73. The van der Waals surface area contributed by atoms with Gasteiger partial charge < -0.3 is 19.5 Å². The summed E-state index contributed by atoms with van der Waals surface area (Å²) in [5.74, 6) is 1.79. The van der Waals surface area contributed by atoms with E-state index in [9.17, 15) is 9.59 Å². The summed E-state index contributed by atoms with van der Waals surface area (Å²) >= 11 is 6.32. The molecule has 0 bridgehead atoms. The van der Waals surface area contributed by atoms with Crippen LogP contribution < -0.4 is 19.5 Å². The molecule has 7 heteroatoms. The standard InChI is InChI=1S/C19H18ClNO5/c1-5-6-21-11-7-10(2)19(14(22)8-11)18(23)15-12(24-3)9-13(25-4)16(20)17(15)26-19/h1,8-10,21H,6-7H2,2-4H3/t10-,19+/m1/s1. The molecule has 1 aromatic carbocycles. The first-order chi connectivity index (χ1) is 12.4. The summed E-state index contributed by atoms with van der Waals surface area (Å²) in [6.45, 7) is 2.08. The topological polar surface area (TPSA) is 73.9 Å². The lowest BCUT2D eigenvalue weighted by molar-refractivity contribution is -0.129. The molecule has 0 saturated carbocycles. The Morgan fingerprint density at radius 3 is 2.65 bits per heavy atom. The lowest BCUT2D eigenvalue weighted by atomic mass is 9.74. The largest absolute Gasteiger partial charge is 0.496 e. The van der Waals surface area contributed by atoms with Crippen LogP contribution in [-0.2, 0) is 4.79 Å². The molecule has 3 rings (SSSR count). The number of methoxy groups -OCH3 is 2. The summed E-state index contributed by atoms with van der Waals surface area (Å²) in [7, 11) is 2.87. The highest BCUT2D eigenvalue weighted by Gasteiger charge is 2.60. The van der Waals surface area contributed by atoms with Crippen molar-refractivity contribution in [1.82, 2.24) is 5.32 Å². The molecule has 0 saturated heterocycles. The number of benzene rings is 1. The summed E-state index contributed by atoms with van der Waals surface area (Å²) < 4.78 is 16.4. The number of halogens is 1. The van der Waals surface area contributed by atoms with Crippen molar-refractivity contribution in [1.29, 1.82) is 0 Å². The number of carbonyl (C=O) groups is 2. The van der Waals surface area contributed by atoms with Gasteiger partial charge in [0.05, 0.1) is 20.8 Å². The van der Waals surface area contributed by atoms with Crippen molar-refractivity contribution in [3.63, 3.8) is 0 Å². The smallest absolute Gasteiger partial charge is 0.236 e. The maximum Gasteiger partial charge on any atom is 0.236 e. The molecule has 0 amide bonds. The van der Waals surface area contributed by atoms with Crippen LogP contribution in [0.15, 0.2) is 17.8 Å². The number of ketones is 2. The molecule has 0 fully saturated rings. The van der Waals surface area contributed by atoms with Gasteiger partial charge in [0.25, 0.3) is 0 Å². The fraction of sp³-hybridized carbons (Fsp3) is 0.368. The first-order valence-electron chi connectivity index (χ1n) is 8.01. The average molecular weight is 376 g/mol. The van der Waals surface area contributed by atoms with E-state index >= 15 is 0 Å². The van der Waals surface area contributed by atoms with Gasteiger partial charge in [-0.3, -0.25) is 9.59 Å². The van der Waals surface area contributed by atoms with Crippen molar-refractivity contribution in [3.8, 4) is 29.6 Å². The van der Waals surface area contributed by atoms with Crippen LogP contribution in [0.1, 0.15) is 23.7 Å². The van der Waals surface area contributed by atoms with E-state index < -0.39 is 23.1 Å². The molecular weight excluding hydrogens is 358 g/mol. The Hall–Kier alpha value is -2.65. The molecule has 0 aromatic heterocycles. The van der Waals surface area contributed by atoms with E-state index in [1.165, 1.54) is 26.4 Å². The third kappa shape index (κ3) is 2.43. The van der Waals surface area contributed by atoms with E-state index in [2.05, 4.69) is 11.2 Å². The van der Waals surface area contributed by atoms with Crippen LogP contribution in [-0.4, -0.2) is 37.9 Å². The fourth-order valence-electron chi connectivity index (χ4n) is 3.42. The molecule has 26 heavy (non-hydrogen) atoms. The molecule has 0 radical (unpaired) electrons. The predicted molar refractivity (Wildman–Crippen MR) is 96.0 cm³/mol. The van der Waals surface area contributed by atoms with Gasteiger partial charge in [-0.05, 0) is 6.42 Å². The summed E-state index contributed by atoms with van der Waals surface area (Å²) in [4.78, 5) is 26.2. The zero-order valence-corrected chi connectivity index (χ0v) is 15.4. The predicted octanol–water partition coefficient (Wildman–Crippen LogP) is 2.39. The number of hydrogen-bond donors (Lipinski definition) is 1. The monoisotopic (exact) mass is 375 g/mol. The van der Waals surface area contributed by atoms with Crippen LogP contribution in [0.3, 0.4) is 0 Å². The highest BCUT2D eigenvalue weighted by atomic mass is 35.5. The van der Waals surface area contributed by atoms with Crippen molar-refractivity contribution in [2.24, 2.45) is 5.92 Å². The lowest BCUT2D eigenvalue weighted by Gasteiger charge is -2.35. The van der Waals surface area contributed by atoms with E-state index in [0.29, 0.717) is 24.4 Å². The lowest BCUT2D eigenvalue weighted by Crippen LogP contribution is -2.55. The molecule has 1 aliphatic heterocycles. The molecule has 0 unspecified atom stereocenters. The molecule has 1 spiro atoms. The minimum Gasteiger partial charge on any atom is -0.496 e. The quantitative estimate of drug-likeness (QED) is 0.643. The van der Waals surface area contributed by atoms with Gasteiger partial charge in [0.15, 0.2) is 5.75 Å². The van der Waals surface area contributed by atoms with Crippen molar-refractivity contribution in [3.05, 3.63) is 28.4 Å². The molecule has 2 atom stereocenters. The summed E-state index contributed by atoms with van der Waals surface area (Å²) in [5.41, 5.74) is -0.826. The Balaban J connectivity index is 2.10. The Labute approximate surface area is 156 Å². The number of fused-ring (bicyclic) bond motifs is 1. The molecule has 1 aromatic rings. The van der Waals surface area contributed by atoms with Crippen molar-refractivity contribution < 1.29 is 23.8 Å². The Morgan fingerprint density at radius 2 is 2.08 bits per heavy atom. The van der Waals surface area contributed by atoms with Gasteiger partial charge in [-0.1, -0.05) is 24.4 Å². The number of Topliss-reactive ketones (excluding diaryl/α,β-unsaturated/α-hetero) is 1. The van der Waals surface area contributed by atoms with Gasteiger partial charge in [-0.2, -0.15) is 0 Å². The van der Waals surface area contributed by atoms with E-state index in [1.54, 1.807) is 6.92 Å². The second-order valence-corrected chi connectivity index (χ2v) is 6.54. The van der Waals surface area contributed by atoms with Crippen LogP contribution in [0.5, 0.6) is 17.2 Å². The number of terminal acetylenes is 1. The van der Waals surface area contributed by atoms with E-state index in [-0.39, 0.29) is 22.1 Å². The van der Waals surface area contributed by atoms with Crippen molar-refractivity contribution >= 4 is 23.2 Å². The average Bonchev–Trinajstić information content (AvgIpc) is 2.94. The second kappa shape index (κ2) is 6.58. The van der Waals surface area contributed by atoms with Crippen LogP contribution in [0.2, 0.25) is 5.02 Å². The Bertz CT molecular complexity index is 870. The van der Waals surface area contributed by atoms with Crippen molar-refractivity contribution in [2.75, 3.05) is 20.8 Å². The summed E-state index contributed by atoms with van der Waals surface area (Å²) in [6, 6.07) is 1.51. The maximum atomic E-state index is 13.2. The molecule has 1 heterocycles. The normalized spacial score (nSPS) is 23.8. The first kappa shape index (κ1) is 18.2. The molecular formula is C19H18ClNO5. The number of hydrogen-bond acceptors (Lipinski definition) is 6. The molecule has 2 aliphatic rings. The van der Waals surface area contributed by atoms with Crippen LogP contribution in [0, 0.1) is 18.3 Å². The Morgan fingerprint density at radius 1 is 1.38 bits per heavy atom. The van der Waals surface area contributed by atoms with Gasteiger partial charge >= 0.3 is 0 Å². The number of allylic oxidation sites excluding steroid dienone is 1. The van der Waals surface area contributed by atoms with Gasteiger partial charge in [0.2, 0.25) is 17.2 Å². The third-order valence-corrected chi connectivity index (χ3v) is 5.09. The highest BCUT2D eigenvalue weighted by Crippen LogP contribution is 2.52. The summed E-state index contributed by atoms with van der Waals surface area (Å²) in [5, 5.41) is 3.13. The van der Waals surface area contributed by atoms with Crippen molar-refractivity contribution in [2.45, 2.75) is 18.9 Å². The first-order valence-corrected chi connectivity index (χ1v) is 8.39. The van der Waals surface area contributed by atoms with E-state index in [1.807, 2.05) is 0 Å². The van der Waals surface area contributed by atoms with Gasteiger partial charge in [0, 0.05) is 23.8 Å². The minimum atomic E-state index is -1.66. The minimum absolute atomic E-state index is 0.113. The van der Waals surface area contributed by atoms with Crippen LogP contribution >= 0.6 is 11.6 Å². The zero-order valence-electron chi connectivity index (χ0n) is 14.6. The van der Waals surface area contributed by atoms with E-state index in [4.69, 9.17) is 32.2 Å². The van der Waals surface area contributed by atoms with Gasteiger partial charge in [-0.15, -0.1) is 6.42 Å². The van der Waals surface area contributed by atoms with Crippen LogP contribution in [0.4, 0.5) is 0 Å². The number of ether oxygens (including phenoxy) is 3. The zero-order chi connectivity index (χ0) is 19.1. The highest BCUT2D eigenvalue weighted by molar-refractivity contribution is 6.36. The molecule has 136 valence electrons. The molecule has 6 nitrogen and oxygen atoms in total. The SMILES string of the molecule is C#CCNC1=CC(=O)[C@@]2(Oc3c(Cl)c(OC)cc(OC)c3C2=O)[C@H](C)C1. The van der Waals surface area contributed by atoms with Gasteiger partial charge in [0.1, 0.15) is 22.1 Å². The van der Waals surface area contributed by atoms with E-state index in [0.717, 1.165) is 0 Å². The molecule has 1 aliphatic carbocycles. The number of nitrogens with one attached hydrogen (secondary N) is 1. The molecule has 1 N–H and O–H groups in total. The Kier molecular flexibility index (Phi) is 4.59. The van der Waals surface area contributed by atoms with Gasteiger partial charge in [-0.25, -0.2) is 0 Å². The summed E-state index contributed by atoms with van der Waals surface area (Å²) in [6.07, 6.45) is 7.05. The van der Waals surface area contributed by atoms with Crippen LogP contribution in [0.25, 0.3) is 0 Å². The second-order valence-electron chi connectivity index (χ2n) is 6.16. The number of carbonyl (C=O) groups excluding carboxylic acids is 2.